The van der Waals surface area contributed by atoms with Gasteiger partial charge >= 0.3 is 0 Å². The van der Waals surface area contributed by atoms with Crippen molar-refractivity contribution in [3.63, 3.8) is 0 Å². The van der Waals surface area contributed by atoms with Gasteiger partial charge in [0.25, 0.3) is 0 Å². The second-order valence-electron chi connectivity index (χ2n) is 3.92. The Bertz CT molecular complexity index is 378. The van der Waals surface area contributed by atoms with Gasteiger partial charge in [-0.05, 0) is 31.4 Å². The molecule has 1 aliphatic heterocycles. The zero-order valence-corrected chi connectivity index (χ0v) is 11.5. The van der Waals surface area contributed by atoms with Gasteiger partial charge in [-0.25, -0.2) is 0 Å². The number of para-hydroxylation sites is 1. The predicted molar refractivity (Wildman–Crippen MR) is 74.0 cm³/mol. The van der Waals surface area contributed by atoms with E-state index in [9.17, 15) is 4.79 Å². The minimum absolute atomic E-state index is 0.0936. The highest BCUT2D eigenvalue weighted by molar-refractivity contribution is 6.33. The number of halogens is 1. The third kappa shape index (κ3) is 3.01. The minimum atomic E-state index is -0.0936. The average molecular weight is 254 g/mol. The molecule has 0 saturated carbocycles. The van der Waals surface area contributed by atoms with Crippen LogP contribution in [-0.2, 0) is 11.2 Å². The largest absolute Gasteiger partial charge is 0.361 e. The SMILES string of the molecule is CC.CC(C=O)N1CCCc2cccc(Cl)c21. The van der Waals surface area contributed by atoms with Gasteiger partial charge in [-0.2, -0.15) is 0 Å². The van der Waals surface area contributed by atoms with Crippen molar-refractivity contribution in [3.05, 3.63) is 28.8 Å². The molecule has 0 spiro atoms. The summed E-state index contributed by atoms with van der Waals surface area (Å²) in [7, 11) is 0. The Hall–Kier alpha value is -1.02. The summed E-state index contributed by atoms with van der Waals surface area (Å²) in [5.41, 5.74) is 2.30. The molecule has 0 bridgehead atoms. The highest BCUT2D eigenvalue weighted by Gasteiger charge is 2.22. The van der Waals surface area contributed by atoms with Crippen molar-refractivity contribution < 1.29 is 4.79 Å². The first-order valence-electron chi connectivity index (χ1n) is 6.23. The lowest BCUT2D eigenvalue weighted by Gasteiger charge is -2.34. The van der Waals surface area contributed by atoms with Gasteiger partial charge in [0.15, 0.2) is 0 Å². The highest BCUT2D eigenvalue weighted by Crippen LogP contribution is 2.34. The Labute approximate surface area is 109 Å². The molecule has 2 rings (SSSR count). The van der Waals surface area contributed by atoms with Gasteiger partial charge in [0.05, 0.1) is 16.8 Å². The topological polar surface area (TPSA) is 20.3 Å². The molecule has 0 saturated heterocycles. The molecule has 0 N–H and O–H groups in total. The third-order valence-electron chi connectivity index (χ3n) is 2.89. The van der Waals surface area contributed by atoms with E-state index in [0.717, 1.165) is 36.4 Å². The van der Waals surface area contributed by atoms with Gasteiger partial charge in [-0.3, -0.25) is 0 Å². The van der Waals surface area contributed by atoms with E-state index in [1.807, 2.05) is 32.9 Å². The molecule has 0 amide bonds. The molecule has 2 nitrogen and oxygen atoms in total. The summed E-state index contributed by atoms with van der Waals surface area (Å²) in [6.07, 6.45) is 3.11. The van der Waals surface area contributed by atoms with Gasteiger partial charge in [-0.1, -0.05) is 37.6 Å². The Kier molecular flexibility index (Phi) is 5.49. The predicted octanol–water partition coefficient (Wildman–Crippen LogP) is 3.71. The first-order chi connectivity index (χ1) is 8.24. The van der Waals surface area contributed by atoms with Crippen LogP contribution in [0.25, 0.3) is 0 Å². The van der Waals surface area contributed by atoms with Crippen molar-refractivity contribution in [2.45, 2.75) is 39.7 Å². The van der Waals surface area contributed by atoms with Crippen molar-refractivity contribution in [2.24, 2.45) is 0 Å². The summed E-state index contributed by atoms with van der Waals surface area (Å²) in [5.74, 6) is 0. The first-order valence-corrected chi connectivity index (χ1v) is 6.61. The molecular formula is C14H20ClNO. The van der Waals surface area contributed by atoms with E-state index in [4.69, 9.17) is 11.6 Å². The second-order valence-corrected chi connectivity index (χ2v) is 4.33. The third-order valence-corrected chi connectivity index (χ3v) is 3.20. The van der Waals surface area contributed by atoms with Crippen LogP contribution in [0, 0.1) is 0 Å². The molecule has 1 aromatic carbocycles. The maximum absolute atomic E-state index is 10.8. The molecule has 0 aliphatic carbocycles. The van der Waals surface area contributed by atoms with Gasteiger partial charge < -0.3 is 9.69 Å². The first kappa shape index (κ1) is 14.0. The standard InChI is InChI=1S/C12H14ClNO.C2H6/c1-9(8-15)14-7-3-5-10-4-2-6-11(13)12(10)14;1-2/h2,4,6,8-9H,3,5,7H2,1H3;1-2H3. The molecule has 0 aromatic heterocycles. The van der Waals surface area contributed by atoms with Crippen LogP contribution in [0.1, 0.15) is 32.8 Å². The normalized spacial score (nSPS) is 15.4. The zero-order valence-electron chi connectivity index (χ0n) is 10.7. The Morgan fingerprint density at radius 1 is 1.41 bits per heavy atom. The quantitative estimate of drug-likeness (QED) is 0.749. The smallest absolute Gasteiger partial charge is 0.142 e. The molecule has 1 unspecified atom stereocenters. The van der Waals surface area contributed by atoms with Gasteiger partial charge in [0, 0.05) is 6.54 Å². The number of nitrogens with zero attached hydrogens (tertiary/aromatic N) is 1. The Balaban J connectivity index is 0.000000686. The molecule has 1 heterocycles. The van der Waals surface area contributed by atoms with E-state index >= 15 is 0 Å². The number of hydrogen-bond acceptors (Lipinski definition) is 2. The number of benzene rings is 1. The minimum Gasteiger partial charge on any atom is -0.361 e. The van der Waals surface area contributed by atoms with E-state index in [0.29, 0.717) is 0 Å². The van der Waals surface area contributed by atoms with Crippen LogP contribution >= 0.6 is 11.6 Å². The van der Waals surface area contributed by atoms with Crippen LogP contribution in [0.4, 0.5) is 5.69 Å². The summed E-state index contributed by atoms with van der Waals surface area (Å²) in [5, 5.41) is 0.751. The van der Waals surface area contributed by atoms with Crippen molar-refractivity contribution in [3.8, 4) is 0 Å². The van der Waals surface area contributed by atoms with Crippen molar-refractivity contribution in [1.29, 1.82) is 0 Å². The summed E-state index contributed by atoms with van der Waals surface area (Å²) in [6.45, 7) is 6.82. The molecule has 1 aromatic rings. The van der Waals surface area contributed by atoms with Gasteiger partial charge in [0.1, 0.15) is 6.29 Å². The molecule has 0 radical (unpaired) electrons. The number of aldehydes is 1. The number of rotatable bonds is 2. The second kappa shape index (κ2) is 6.65. The molecule has 94 valence electrons. The van der Waals surface area contributed by atoms with Crippen molar-refractivity contribution in [2.75, 3.05) is 11.4 Å². The maximum atomic E-state index is 10.8. The van der Waals surface area contributed by atoms with Crippen molar-refractivity contribution >= 4 is 23.6 Å². The number of hydrogen-bond donors (Lipinski definition) is 0. The number of carbonyl (C=O) groups excluding carboxylic acids is 1. The molecule has 1 atom stereocenters. The van der Waals surface area contributed by atoms with E-state index in [1.54, 1.807) is 0 Å². The fraction of sp³-hybridized carbons (Fsp3) is 0.500. The van der Waals surface area contributed by atoms with Crippen LogP contribution in [0.3, 0.4) is 0 Å². The number of aryl methyl sites for hydroxylation is 1. The zero-order chi connectivity index (χ0) is 12.8. The molecule has 0 fully saturated rings. The van der Waals surface area contributed by atoms with Crippen LogP contribution < -0.4 is 4.90 Å². The van der Waals surface area contributed by atoms with Crippen LogP contribution in [-0.4, -0.2) is 18.9 Å². The number of carbonyl (C=O) groups is 1. The molecule has 17 heavy (non-hydrogen) atoms. The summed E-state index contributed by atoms with van der Waals surface area (Å²) < 4.78 is 0. The van der Waals surface area contributed by atoms with Crippen LogP contribution in [0.2, 0.25) is 5.02 Å². The van der Waals surface area contributed by atoms with Crippen molar-refractivity contribution in [1.82, 2.24) is 0 Å². The van der Waals surface area contributed by atoms with E-state index in [-0.39, 0.29) is 6.04 Å². The molecule has 1 aliphatic rings. The highest BCUT2D eigenvalue weighted by atomic mass is 35.5. The van der Waals surface area contributed by atoms with Crippen LogP contribution in [0.15, 0.2) is 18.2 Å². The van der Waals surface area contributed by atoms with E-state index in [1.165, 1.54) is 5.56 Å². The van der Waals surface area contributed by atoms with E-state index in [2.05, 4.69) is 11.0 Å². The number of anilines is 1. The fourth-order valence-electron chi connectivity index (χ4n) is 2.12. The molecule has 3 heteroatoms. The monoisotopic (exact) mass is 253 g/mol. The summed E-state index contributed by atoms with van der Waals surface area (Å²) in [4.78, 5) is 12.9. The lowest BCUT2D eigenvalue weighted by molar-refractivity contribution is -0.108. The fourth-order valence-corrected chi connectivity index (χ4v) is 2.42. The average Bonchev–Trinajstić information content (AvgIpc) is 2.40. The Morgan fingerprint density at radius 2 is 2.12 bits per heavy atom. The van der Waals surface area contributed by atoms with E-state index < -0.39 is 0 Å². The Morgan fingerprint density at radius 3 is 2.76 bits per heavy atom. The lowest BCUT2D eigenvalue weighted by Crippen LogP contribution is -2.38. The van der Waals surface area contributed by atoms with Gasteiger partial charge in [0.2, 0.25) is 0 Å². The maximum Gasteiger partial charge on any atom is 0.142 e. The summed E-state index contributed by atoms with van der Waals surface area (Å²) in [6, 6.07) is 5.85. The molecular weight excluding hydrogens is 234 g/mol. The summed E-state index contributed by atoms with van der Waals surface area (Å²) >= 11 is 6.18. The number of fused-ring (bicyclic) bond motifs is 1. The lowest BCUT2D eigenvalue weighted by atomic mass is 10.0. The van der Waals surface area contributed by atoms with Crippen LogP contribution in [0.5, 0.6) is 0 Å². The van der Waals surface area contributed by atoms with Gasteiger partial charge in [-0.15, -0.1) is 0 Å².